The SMILES string of the molecule is CCN1Cc2ccccc2C2N=NN(C(C)C)C2c2ccccc21. The van der Waals surface area contributed by atoms with Gasteiger partial charge in [0.25, 0.3) is 0 Å². The zero-order valence-electron chi connectivity index (χ0n) is 14.6. The van der Waals surface area contributed by atoms with Gasteiger partial charge in [0.1, 0.15) is 12.1 Å². The Hall–Kier alpha value is -2.36. The van der Waals surface area contributed by atoms with Crippen LogP contribution in [0.4, 0.5) is 5.69 Å². The van der Waals surface area contributed by atoms with Gasteiger partial charge in [-0.15, -0.1) is 0 Å². The maximum Gasteiger partial charge on any atom is 0.124 e. The zero-order chi connectivity index (χ0) is 16.7. The third kappa shape index (κ3) is 2.29. The van der Waals surface area contributed by atoms with Crippen molar-refractivity contribution in [2.45, 2.75) is 45.4 Å². The molecule has 0 bridgehead atoms. The third-order valence-corrected chi connectivity index (χ3v) is 5.11. The lowest BCUT2D eigenvalue weighted by Gasteiger charge is -2.36. The molecule has 0 saturated carbocycles. The number of para-hydroxylation sites is 1. The molecule has 2 atom stereocenters. The van der Waals surface area contributed by atoms with Crippen LogP contribution in [-0.2, 0) is 6.54 Å². The molecule has 4 rings (SSSR count). The third-order valence-electron chi connectivity index (χ3n) is 5.11. The molecular formula is C20H24N4. The first-order valence-corrected chi connectivity index (χ1v) is 8.81. The Labute approximate surface area is 143 Å². The average molecular weight is 320 g/mol. The average Bonchev–Trinajstić information content (AvgIpc) is 3.03. The molecule has 124 valence electrons. The lowest BCUT2D eigenvalue weighted by atomic mass is 9.87. The number of hydrogen-bond acceptors (Lipinski definition) is 4. The summed E-state index contributed by atoms with van der Waals surface area (Å²) in [4.78, 5) is 2.46. The fourth-order valence-corrected chi connectivity index (χ4v) is 3.91. The molecule has 2 aliphatic rings. The van der Waals surface area contributed by atoms with Crippen LogP contribution in [0.15, 0.2) is 58.9 Å². The molecule has 0 amide bonds. The molecule has 4 nitrogen and oxygen atoms in total. The molecule has 0 spiro atoms. The molecular weight excluding hydrogens is 296 g/mol. The van der Waals surface area contributed by atoms with Crippen molar-refractivity contribution in [1.29, 1.82) is 0 Å². The maximum atomic E-state index is 4.69. The second kappa shape index (κ2) is 5.93. The first kappa shape index (κ1) is 15.2. The molecule has 2 heterocycles. The van der Waals surface area contributed by atoms with E-state index in [2.05, 4.69) is 89.5 Å². The second-order valence-electron chi connectivity index (χ2n) is 6.84. The van der Waals surface area contributed by atoms with E-state index in [9.17, 15) is 0 Å². The number of anilines is 1. The fraction of sp³-hybridized carbons (Fsp3) is 0.400. The summed E-state index contributed by atoms with van der Waals surface area (Å²) >= 11 is 0. The van der Waals surface area contributed by atoms with Gasteiger partial charge in [-0.05, 0) is 38.0 Å². The fourth-order valence-electron chi connectivity index (χ4n) is 3.91. The molecule has 0 aliphatic carbocycles. The molecule has 4 heteroatoms. The van der Waals surface area contributed by atoms with Gasteiger partial charge < -0.3 is 4.90 Å². The van der Waals surface area contributed by atoms with Crippen LogP contribution in [0.25, 0.3) is 0 Å². The van der Waals surface area contributed by atoms with Crippen molar-refractivity contribution in [1.82, 2.24) is 5.01 Å². The highest BCUT2D eigenvalue weighted by Crippen LogP contribution is 2.48. The van der Waals surface area contributed by atoms with E-state index < -0.39 is 0 Å². The number of rotatable bonds is 2. The van der Waals surface area contributed by atoms with Crippen LogP contribution < -0.4 is 4.90 Å². The van der Waals surface area contributed by atoms with Crippen LogP contribution in [0.3, 0.4) is 0 Å². The van der Waals surface area contributed by atoms with Crippen molar-refractivity contribution in [3.63, 3.8) is 0 Å². The first-order valence-electron chi connectivity index (χ1n) is 8.81. The summed E-state index contributed by atoms with van der Waals surface area (Å²) in [5.74, 6) is 0. The van der Waals surface area contributed by atoms with Gasteiger partial charge in [-0.25, -0.2) is 0 Å². The number of benzene rings is 2. The Morgan fingerprint density at radius 3 is 2.50 bits per heavy atom. The van der Waals surface area contributed by atoms with Crippen LogP contribution in [-0.4, -0.2) is 17.6 Å². The van der Waals surface area contributed by atoms with Gasteiger partial charge in [-0.2, -0.15) is 5.11 Å². The Morgan fingerprint density at radius 1 is 1.04 bits per heavy atom. The van der Waals surface area contributed by atoms with Gasteiger partial charge in [0.15, 0.2) is 0 Å². The number of fused-ring (bicyclic) bond motifs is 5. The van der Waals surface area contributed by atoms with Gasteiger partial charge in [-0.3, -0.25) is 5.01 Å². The molecule has 0 N–H and O–H groups in total. The summed E-state index contributed by atoms with van der Waals surface area (Å²) in [6.07, 6.45) is 0. The lowest BCUT2D eigenvalue weighted by Crippen LogP contribution is -2.34. The van der Waals surface area contributed by atoms with E-state index in [1.807, 2.05) is 0 Å². The Balaban J connectivity index is 1.93. The van der Waals surface area contributed by atoms with Crippen molar-refractivity contribution < 1.29 is 0 Å². The van der Waals surface area contributed by atoms with Crippen molar-refractivity contribution in [3.05, 3.63) is 65.2 Å². The lowest BCUT2D eigenvalue weighted by molar-refractivity contribution is 0.174. The zero-order valence-corrected chi connectivity index (χ0v) is 14.6. The maximum absolute atomic E-state index is 4.69. The van der Waals surface area contributed by atoms with Crippen molar-refractivity contribution in [2.75, 3.05) is 11.4 Å². The minimum atomic E-state index is 0.0729. The number of hydrogen-bond donors (Lipinski definition) is 0. The summed E-state index contributed by atoms with van der Waals surface area (Å²) in [5, 5.41) is 11.4. The first-order chi connectivity index (χ1) is 11.7. The summed E-state index contributed by atoms with van der Waals surface area (Å²) < 4.78 is 0. The van der Waals surface area contributed by atoms with Crippen LogP contribution in [0.1, 0.15) is 49.5 Å². The summed E-state index contributed by atoms with van der Waals surface area (Å²) in [6, 6.07) is 18.0. The van der Waals surface area contributed by atoms with E-state index >= 15 is 0 Å². The van der Waals surface area contributed by atoms with Gasteiger partial charge in [0.2, 0.25) is 0 Å². The molecule has 0 radical (unpaired) electrons. The number of nitrogens with zero attached hydrogens (tertiary/aromatic N) is 4. The molecule has 0 aromatic heterocycles. The topological polar surface area (TPSA) is 31.2 Å². The molecule has 2 unspecified atom stereocenters. The van der Waals surface area contributed by atoms with Crippen LogP contribution >= 0.6 is 0 Å². The van der Waals surface area contributed by atoms with Gasteiger partial charge in [-0.1, -0.05) is 47.7 Å². The van der Waals surface area contributed by atoms with Gasteiger partial charge >= 0.3 is 0 Å². The van der Waals surface area contributed by atoms with Gasteiger partial charge in [0.05, 0.1) is 0 Å². The predicted molar refractivity (Wildman–Crippen MR) is 96.9 cm³/mol. The predicted octanol–water partition coefficient (Wildman–Crippen LogP) is 4.90. The molecule has 2 aliphatic heterocycles. The van der Waals surface area contributed by atoms with E-state index in [4.69, 9.17) is 0 Å². The summed E-state index contributed by atoms with van der Waals surface area (Å²) in [7, 11) is 0. The molecule has 24 heavy (non-hydrogen) atoms. The van der Waals surface area contributed by atoms with Crippen molar-refractivity contribution in [3.8, 4) is 0 Å². The highest BCUT2D eigenvalue weighted by Gasteiger charge is 2.40. The quantitative estimate of drug-likeness (QED) is 0.788. The monoisotopic (exact) mass is 320 g/mol. The summed E-state index contributed by atoms with van der Waals surface area (Å²) in [6.45, 7) is 8.50. The van der Waals surface area contributed by atoms with E-state index in [0.29, 0.717) is 6.04 Å². The summed E-state index contributed by atoms with van der Waals surface area (Å²) in [5.41, 5.74) is 5.30. The van der Waals surface area contributed by atoms with E-state index in [1.165, 1.54) is 22.4 Å². The normalized spacial score (nSPS) is 22.0. The smallest absolute Gasteiger partial charge is 0.124 e. The van der Waals surface area contributed by atoms with Crippen LogP contribution in [0.2, 0.25) is 0 Å². The Morgan fingerprint density at radius 2 is 1.75 bits per heavy atom. The largest absolute Gasteiger partial charge is 0.367 e. The van der Waals surface area contributed by atoms with Gasteiger partial charge in [0, 0.05) is 30.4 Å². The highest BCUT2D eigenvalue weighted by molar-refractivity contribution is 5.58. The van der Waals surface area contributed by atoms with Crippen LogP contribution in [0.5, 0.6) is 0 Å². The van der Waals surface area contributed by atoms with Crippen LogP contribution in [0, 0.1) is 0 Å². The van der Waals surface area contributed by atoms with E-state index in [-0.39, 0.29) is 12.1 Å². The van der Waals surface area contributed by atoms with E-state index in [1.54, 1.807) is 0 Å². The highest BCUT2D eigenvalue weighted by atomic mass is 15.6. The molecule has 0 saturated heterocycles. The Kier molecular flexibility index (Phi) is 3.75. The van der Waals surface area contributed by atoms with Crippen molar-refractivity contribution >= 4 is 5.69 Å². The molecule has 0 fully saturated rings. The second-order valence-corrected chi connectivity index (χ2v) is 6.84. The molecule has 2 aromatic carbocycles. The van der Waals surface area contributed by atoms with E-state index in [0.717, 1.165) is 13.1 Å². The minimum absolute atomic E-state index is 0.0729. The van der Waals surface area contributed by atoms with Crippen molar-refractivity contribution in [2.24, 2.45) is 10.3 Å². The minimum Gasteiger partial charge on any atom is -0.367 e. The molecule has 2 aromatic rings. The standard InChI is InChI=1S/C20H24N4/c1-4-23-13-15-9-5-6-10-16(15)19-20(24(14(2)3)22-21-19)17-11-7-8-12-18(17)23/h5-12,14,19-20H,4,13H2,1-3H3. The Bertz CT molecular complexity index is 768.